The summed E-state index contributed by atoms with van der Waals surface area (Å²) in [5.74, 6) is 0. The standard InChI is InChI=1S/C22H28O7SSi/c1-22(2,3)31(17-10-6-4-7-11-17,18-12-8-5-9-13-18)29-20(21-25-14-15-26-21)19-16-27-30(23,24)28-19/h4-13,19-21H,14-16H2,1-3H3/t19-,20-/m0/s1. The molecule has 2 aromatic carbocycles. The summed E-state index contributed by atoms with van der Waals surface area (Å²) in [4.78, 5) is 0. The lowest BCUT2D eigenvalue weighted by Crippen LogP contribution is -2.69. The van der Waals surface area contributed by atoms with Gasteiger partial charge >= 0.3 is 10.4 Å². The molecule has 2 aliphatic heterocycles. The van der Waals surface area contributed by atoms with Gasteiger partial charge < -0.3 is 13.9 Å². The van der Waals surface area contributed by atoms with Crippen LogP contribution in [0.25, 0.3) is 0 Å². The van der Waals surface area contributed by atoms with E-state index in [-0.39, 0.29) is 11.6 Å². The molecule has 168 valence electrons. The molecule has 0 N–H and O–H groups in total. The van der Waals surface area contributed by atoms with Gasteiger partial charge in [0.15, 0.2) is 6.29 Å². The molecule has 0 radical (unpaired) electrons. The molecule has 0 saturated carbocycles. The summed E-state index contributed by atoms with van der Waals surface area (Å²) in [6.07, 6.45) is -2.40. The SMILES string of the molecule is CC(C)(C)[Si](O[C@H](C1OCCO1)[C@@H]1COS(=O)(=O)O1)(c1ccccc1)c1ccccc1. The Kier molecular flexibility index (Phi) is 6.37. The predicted molar refractivity (Wildman–Crippen MR) is 118 cm³/mol. The van der Waals surface area contributed by atoms with Gasteiger partial charge in [-0.3, -0.25) is 0 Å². The summed E-state index contributed by atoms with van der Waals surface area (Å²) in [5.41, 5.74) is 0. The highest BCUT2D eigenvalue weighted by atomic mass is 32.3. The first-order chi connectivity index (χ1) is 14.7. The van der Waals surface area contributed by atoms with E-state index in [1.807, 2.05) is 36.4 Å². The highest BCUT2D eigenvalue weighted by Gasteiger charge is 2.55. The molecule has 0 bridgehead atoms. The summed E-state index contributed by atoms with van der Waals surface area (Å²) < 4.78 is 52.5. The Morgan fingerprint density at radius 2 is 1.45 bits per heavy atom. The number of hydrogen-bond donors (Lipinski definition) is 0. The lowest BCUT2D eigenvalue weighted by Gasteiger charge is -2.46. The van der Waals surface area contributed by atoms with Crippen LogP contribution in [0.3, 0.4) is 0 Å². The van der Waals surface area contributed by atoms with Crippen LogP contribution >= 0.6 is 0 Å². The molecule has 2 saturated heterocycles. The monoisotopic (exact) mass is 464 g/mol. The molecular weight excluding hydrogens is 436 g/mol. The average molecular weight is 465 g/mol. The minimum absolute atomic E-state index is 0.144. The zero-order chi connectivity index (χ0) is 22.1. The normalized spacial score (nSPS) is 23.1. The Morgan fingerprint density at radius 1 is 0.935 bits per heavy atom. The van der Waals surface area contributed by atoms with Gasteiger partial charge in [-0.25, -0.2) is 8.37 Å². The molecule has 2 aliphatic rings. The van der Waals surface area contributed by atoms with Gasteiger partial charge in [-0.1, -0.05) is 81.4 Å². The van der Waals surface area contributed by atoms with Crippen LogP contribution in [0.4, 0.5) is 0 Å². The number of ether oxygens (including phenoxy) is 2. The number of rotatable bonds is 6. The Balaban J connectivity index is 1.85. The van der Waals surface area contributed by atoms with Crippen LogP contribution < -0.4 is 10.4 Å². The van der Waals surface area contributed by atoms with Gasteiger partial charge in [0.1, 0.15) is 12.2 Å². The van der Waals surface area contributed by atoms with Crippen molar-refractivity contribution in [3.63, 3.8) is 0 Å². The van der Waals surface area contributed by atoms with Crippen LogP contribution in [0, 0.1) is 0 Å². The Hall–Kier alpha value is -1.59. The molecule has 0 spiro atoms. The van der Waals surface area contributed by atoms with Crippen LogP contribution in [0.2, 0.25) is 5.04 Å². The van der Waals surface area contributed by atoms with E-state index < -0.39 is 37.2 Å². The largest absolute Gasteiger partial charge is 0.400 e. The molecule has 7 nitrogen and oxygen atoms in total. The third kappa shape index (κ3) is 4.49. The third-order valence-electron chi connectivity index (χ3n) is 5.63. The maximum atomic E-state index is 11.9. The van der Waals surface area contributed by atoms with E-state index in [9.17, 15) is 8.42 Å². The van der Waals surface area contributed by atoms with Crippen molar-refractivity contribution in [3.8, 4) is 0 Å². The van der Waals surface area contributed by atoms with E-state index in [0.717, 1.165) is 10.4 Å². The van der Waals surface area contributed by atoms with Crippen molar-refractivity contribution in [2.45, 2.75) is 44.3 Å². The molecule has 0 aromatic heterocycles. The van der Waals surface area contributed by atoms with Crippen molar-refractivity contribution in [2.75, 3.05) is 19.8 Å². The molecule has 2 atom stereocenters. The smallest absolute Gasteiger partial charge is 0.396 e. The van der Waals surface area contributed by atoms with Gasteiger partial charge in [0.05, 0.1) is 19.8 Å². The van der Waals surface area contributed by atoms with Crippen molar-refractivity contribution < 1.29 is 30.7 Å². The highest BCUT2D eigenvalue weighted by molar-refractivity contribution is 7.82. The van der Waals surface area contributed by atoms with Gasteiger partial charge in [0, 0.05) is 0 Å². The maximum absolute atomic E-state index is 11.9. The van der Waals surface area contributed by atoms with E-state index in [2.05, 4.69) is 45.0 Å². The van der Waals surface area contributed by atoms with E-state index in [0.29, 0.717) is 13.2 Å². The zero-order valence-corrected chi connectivity index (χ0v) is 19.7. The second-order valence-electron chi connectivity index (χ2n) is 8.68. The highest BCUT2D eigenvalue weighted by Crippen LogP contribution is 2.39. The fraction of sp³-hybridized carbons (Fsp3) is 0.455. The summed E-state index contributed by atoms with van der Waals surface area (Å²) in [6, 6.07) is 20.2. The molecule has 2 fully saturated rings. The van der Waals surface area contributed by atoms with Gasteiger partial charge in [-0.2, -0.15) is 8.42 Å². The quantitative estimate of drug-likeness (QED) is 0.605. The number of hydrogen-bond acceptors (Lipinski definition) is 7. The summed E-state index contributed by atoms with van der Waals surface area (Å²) >= 11 is 0. The lowest BCUT2D eigenvalue weighted by molar-refractivity contribution is -0.140. The van der Waals surface area contributed by atoms with Crippen LogP contribution in [0.15, 0.2) is 60.7 Å². The second kappa shape index (κ2) is 8.74. The zero-order valence-electron chi connectivity index (χ0n) is 17.9. The minimum Gasteiger partial charge on any atom is -0.396 e. The molecule has 2 aromatic rings. The Morgan fingerprint density at radius 3 is 1.87 bits per heavy atom. The lowest BCUT2D eigenvalue weighted by atomic mass is 10.2. The minimum atomic E-state index is -4.07. The molecule has 9 heteroatoms. The number of benzene rings is 2. The first kappa shape index (κ1) is 22.6. The first-order valence-corrected chi connectivity index (χ1v) is 13.6. The summed E-state index contributed by atoms with van der Waals surface area (Å²) in [6.45, 7) is 7.12. The fourth-order valence-corrected chi connectivity index (χ4v) is 9.79. The van der Waals surface area contributed by atoms with Crippen LogP contribution in [-0.2, 0) is 32.7 Å². The average Bonchev–Trinajstić information content (AvgIpc) is 3.39. The van der Waals surface area contributed by atoms with E-state index in [1.54, 1.807) is 0 Å². The van der Waals surface area contributed by atoms with Gasteiger partial charge in [0.2, 0.25) is 0 Å². The van der Waals surface area contributed by atoms with Gasteiger partial charge in [0.25, 0.3) is 8.32 Å². The van der Waals surface area contributed by atoms with Gasteiger partial charge in [-0.15, -0.1) is 0 Å². The summed E-state index contributed by atoms with van der Waals surface area (Å²) in [5, 5.41) is 1.84. The molecule has 0 aliphatic carbocycles. The molecular formula is C22H28O7SSi. The maximum Gasteiger partial charge on any atom is 0.400 e. The second-order valence-corrected chi connectivity index (χ2v) is 14.2. The first-order valence-electron chi connectivity index (χ1n) is 10.3. The van der Waals surface area contributed by atoms with Crippen molar-refractivity contribution in [1.29, 1.82) is 0 Å². The molecule has 2 heterocycles. The molecule has 4 rings (SSSR count). The molecule has 0 amide bonds. The Labute approximate surface area is 184 Å². The molecule has 0 unspecified atom stereocenters. The third-order valence-corrected chi connectivity index (χ3v) is 11.6. The Bertz CT molecular complexity index is 930. The summed E-state index contributed by atoms with van der Waals surface area (Å²) in [7, 11) is -7.05. The van der Waals surface area contributed by atoms with E-state index in [4.69, 9.17) is 22.3 Å². The van der Waals surface area contributed by atoms with E-state index >= 15 is 0 Å². The van der Waals surface area contributed by atoms with Crippen LogP contribution in [-0.4, -0.2) is 55.1 Å². The van der Waals surface area contributed by atoms with Gasteiger partial charge in [-0.05, 0) is 15.4 Å². The van der Waals surface area contributed by atoms with Crippen molar-refractivity contribution >= 4 is 29.1 Å². The van der Waals surface area contributed by atoms with Crippen molar-refractivity contribution in [3.05, 3.63) is 60.7 Å². The van der Waals surface area contributed by atoms with Crippen LogP contribution in [0.1, 0.15) is 20.8 Å². The molecule has 31 heavy (non-hydrogen) atoms. The predicted octanol–water partition coefficient (Wildman–Crippen LogP) is 1.96. The van der Waals surface area contributed by atoms with E-state index in [1.165, 1.54) is 0 Å². The van der Waals surface area contributed by atoms with Crippen molar-refractivity contribution in [2.24, 2.45) is 0 Å². The fourth-order valence-electron chi connectivity index (χ4n) is 4.28. The van der Waals surface area contributed by atoms with Crippen LogP contribution in [0.5, 0.6) is 0 Å². The topological polar surface area (TPSA) is 80.3 Å². The van der Waals surface area contributed by atoms with Crippen molar-refractivity contribution in [1.82, 2.24) is 0 Å².